The van der Waals surface area contributed by atoms with Crippen molar-refractivity contribution in [3.63, 3.8) is 0 Å². The molecular weight excluding hydrogens is 432 g/mol. The molecule has 31 heavy (non-hydrogen) atoms. The summed E-state index contributed by atoms with van der Waals surface area (Å²) in [6.07, 6.45) is 0. The maximum atomic E-state index is 12.4. The third kappa shape index (κ3) is 5.80. The molecule has 3 aromatic carbocycles. The van der Waals surface area contributed by atoms with Crippen LogP contribution in [0.25, 0.3) is 10.8 Å². The van der Waals surface area contributed by atoms with Gasteiger partial charge in [0.05, 0.1) is 5.75 Å². The second-order valence-corrected chi connectivity index (χ2v) is 8.59. The molecule has 1 aromatic heterocycles. The maximum absolute atomic E-state index is 12.4. The Balaban J connectivity index is 1.26. The van der Waals surface area contributed by atoms with Crippen molar-refractivity contribution in [3.05, 3.63) is 72.8 Å². The molecule has 0 atom stereocenters. The molecule has 0 aliphatic heterocycles. The van der Waals surface area contributed by atoms with Gasteiger partial charge >= 0.3 is 0 Å². The smallest absolute Gasteiger partial charge is 0.264 e. The van der Waals surface area contributed by atoms with E-state index in [-0.39, 0.29) is 24.2 Å². The second-order valence-electron chi connectivity index (χ2n) is 6.39. The van der Waals surface area contributed by atoms with Gasteiger partial charge in [-0.2, -0.15) is 0 Å². The molecule has 0 saturated heterocycles. The first-order valence-corrected chi connectivity index (χ1v) is 11.2. The average Bonchev–Trinajstić information content (AvgIpc) is 3.24. The predicted octanol–water partition coefficient (Wildman–Crippen LogP) is 4.44. The molecule has 0 unspecified atom stereocenters. The van der Waals surface area contributed by atoms with Crippen LogP contribution in [-0.4, -0.2) is 34.4 Å². The summed E-state index contributed by atoms with van der Waals surface area (Å²) in [6.45, 7) is -0.125. The fraction of sp³-hybridized carbons (Fsp3) is 0.0909. The molecule has 0 saturated carbocycles. The molecule has 4 rings (SSSR count). The van der Waals surface area contributed by atoms with E-state index in [0.29, 0.717) is 15.2 Å². The molecule has 2 N–H and O–H groups in total. The van der Waals surface area contributed by atoms with Gasteiger partial charge in [-0.1, -0.05) is 77.7 Å². The zero-order valence-electron chi connectivity index (χ0n) is 16.3. The van der Waals surface area contributed by atoms with E-state index in [1.54, 1.807) is 12.1 Å². The molecule has 4 aromatic rings. The fourth-order valence-electron chi connectivity index (χ4n) is 2.79. The highest BCUT2D eigenvalue weighted by Crippen LogP contribution is 2.27. The minimum atomic E-state index is -0.328. The number of carbonyl (C=O) groups excluding carboxylic acids is 2. The summed E-state index contributed by atoms with van der Waals surface area (Å²) < 4.78 is 5.99. The average molecular weight is 451 g/mol. The summed E-state index contributed by atoms with van der Waals surface area (Å²) >= 11 is 2.47. The Morgan fingerprint density at radius 2 is 1.65 bits per heavy atom. The number of hydrogen-bond donors (Lipinski definition) is 2. The maximum Gasteiger partial charge on any atom is 0.264 e. The first kappa shape index (κ1) is 20.8. The molecule has 7 nitrogen and oxygen atoms in total. The quantitative estimate of drug-likeness (QED) is 0.305. The van der Waals surface area contributed by atoms with Crippen LogP contribution in [-0.2, 0) is 9.59 Å². The number of ether oxygens (including phenoxy) is 1. The Kier molecular flexibility index (Phi) is 6.75. The van der Waals surface area contributed by atoms with Crippen LogP contribution in [0.2, 0.25) is 0 Å². The number of thioether (sulfide) groups is 1. The molecule has 1 heterocycles. The summed E-state index contributed by atoms with van der Waals surface area (Å²) in [5.74, 6) is 0.329. The molecule has 2 amide bonds. The molecule has 0 radical (unpaired) electrons. The molecule has 156 valence electrons. The Morgan fingerprint density at radius 1 is 0.871 bits per heavy atom. The van der Waals surface area contributed by atoms with E-state index < -0.39 is 0 Å². The molecule has 0 aliphatic rings. The number of fused-ring (bicyclic) bond motifs is 1. The van der Waals surface area contributed by atoms with Gasteiger partial charge in [-0.05, 0) is 23.6 Å². The van der Waals surface area contributed by atoms with Gasteiger partial charge in [0, 0.05) is 11.1 Å². The van der Waals surface area contributed by atoms with E-state index in [0.717, 1.165) is 16.5 Å². The second kappa shape index (κ2) is 10.1. The van der Waals surface area contributed by atoms with Gasteiger partial charge in [-0.3, -0.25) is 14.9 Å². The zero-order valence-corrected chi connectivity index (χ0v) is 17.9. The lowest BCUT2D eigenvalue weighted by Gasteiger charge is -2.08. The van der Waals surface area contributed by atoms with Crippen LogP contribution in [0.1, 0.15) is 0 Å². The number of benzene rings is 3. The lowest BCUT2D eigenvalue weighted by Crippen LogP contribution is -2.20. The topological polar surface area (TPSA) is 93.2 Å². The predicted molar refractivity (Wildman–Crippen MR) is 124 cm³/mol. The van der Waals surface area contributed by atoms with Crippen LogP contribution < -0.4 is 15.4 Å². The van der Waals surface area contributed by atoms with Crippen molar-refractivity contribution < 1.29 is 14.3 Å². The van der Waals surface area contributed by atoms with E-state index in [2.05, 4.69) is 20.8 Å². The summed E-state index contributed by atoms with van der Waals surface area (Å²) in [6, 6.07) is 22.7. The SMILES string of the molecule is O=C(COc1ccccc1)Nc1nnc(SCC(=O)Nc2cccc3ccccc23)s1. The van der Waals surface area contributed by atoms with E-state index in [4.69, 9.17) is 4.74 Å². The van der Waals surface area contributed by atoms with Gasteiger partial charge in [0.25, 0.3) is 5.91 Å². The third-order valence-electron chi connectivity index (χ3n) is 4.16. The zero-order chi connectivity index (χ0) is 21.5. The van der Waals surface area contributed by atoms with Crippen LogP contribution in [0.5, 0.6) is 5.75 Å². The number of aromatic nitrogens is 2. The van der Waals surface area contributed by atoms with Crippen molar-refractivity contribution in [1.82, 2.24) is 10.2 Å². The van der Waals surface area contributed by atoms with Gasteiger partial charge in [0.2, 0.25) is 11.0 Å². The van der Waals surface area contributed by atoms with Crippen molar-refractivity contribution in [2.24, 2.45) is 0 Å². The highest BCUT2D eigenvalue weighted by Gasteiger charge is 2.12. The Bertz CT molecular complexity index is 1190. The molecule has 0 bridgehead atoms. The minimum absolute atomic E-state index is 0.125. The summed E-state index contributed by atoms with van der Waals surface area (Å²) in [5.41, 5.74) is 0.771. The number of nitrogens with zero attached hydrogens (tertiary/aromatic N) is 2. The van der Waals surface area contributed by atoms with E-state index in [1.165, 1.54) is 23.1 Å². The standard InChI is InChI=1S/C22H18N4O3S2/c27-19(13-29-16-9-2-1-3-10-16)24-21-25-26-22(31-21)30-14-20(28)23-18-12-6-8-15-7-4-5-11-17(15)18/h1-12H,13-14H2,(H,23,28)(H,24,25,27). The lowest BCUT2D eigenvalue weighted by molar-refractivity contribution is -0.118. The normalized spacial score (nSPS) is 10.6. The van der Waals surface area contributed by atoms with Crippen molar-refractivity contribution >= 4 is 56.5 Å². The first-order valence-electron chi connectivity index (χ1n) is 9.39. The van der Waals surface area contributed by atoms with Crippen LogP contribution in [0.15, 0.2) is 77.1 Å². The van der Waals surface area contributed by atoms with Crippen LogP contribution in [0.4, 0.5) is 10.8 Å². The van der Waals surface area contributed by atoms with Crippen LogP contribution in [0, 0.1) is 0 Å². The lowest BCUT2D eigenvalue weighted by atomic mass is 10.1. The number of amides is 2. The molecule has 9 heteroatoms. The number of anilines is 2. The van der Waals surface area contributed by atoms with Crippen molar-refractivity contribution in [3.8, 4) is 5.75 Å². The summed E-state index contributed by atoms with van der Waals surface area (Å²) in [4.78, 5) is 24.4. The summed E-state index contributed by atoms with van der Waals surface area (Å²) in [5, 5.41) is 16.0. The van der Waals surface area contributed by atoms with E-state index in [1.807, 2.05) is 60.7 Å². The number of hydrogen-bond acceptors (Lipinski definition) is 7. The van der Waals surface area contributed by atoms with Gasteiger partial charge in [0.1, 0.15) is 5.75 Å². The Labute approximate surface area is 186 Å². The largest absolute Gasteiger partial charge is 0.484 e. The van der Waals surface area contributed by atoms with Crippen molar-refractivity contribution in [2.45, 2.75) is 4.34 Å². The molecule has 0 fully saturated rings. The van der Waals surface area contributed by atoms with Gasteiger partial charge in [-0.15, -0.1) is 10.2 Å². The number of nitrogens with one attached hydrogen (secondary N) is 2. The highest BCUT2D eigenvalue weighted by molar-refractivity contribution is 8.01. The van der Waals surface area contributed by atoms with Crippen molar-refractivity contribution in [1.29, 1.82) is 0 Å². The molecular formula is C22H18N4O3S2. The molecule has 0 aliphatic carbocycles. The highest BCUT2D eigenvalue weighted by atomic mass is 32.2. The Morgan fingerprint density at radius 3 is 2.52 bits per heavy atom. The van der Waals surface area contributed by atoms with Gasteiger partial charge in [-0.25, -0.2) is 0 Å². The number of carbonyl (C=O) groups is 2. The van der Waals surface area contributed by atoms with Crippen LogP contribution in [0.3, 0.4) is 0 Å². The fourth-order valence-corrected chi connectivity index (χ4v) is 4.36. The summed E-state index contributed by atoms with van der Waals surface area (Å²) in [7, 11) is 0. The van der Waals surface area contributed by atoms with E-state index in [9.17, 15) is 9.59 Å². The third-order valence-corrected chi connectivity index (χ3v) is 6.13. The van der Waals surface area contributed by atoms with Gasteiger partial charge in [0.15, 0.2) is 10.9 Å². The first-order chi connectivity index (χ1) is 15.2. The Hall–Kier alpha value is -3.43. The monoisotopic (exact) mass is 450 g/mol. The molecule has 0 spiro atoms. The van der Waals surface area contributed by atoms with Gasteiger partial charge < -0.3 is 10.1 Å². The van der Waals surface area contributed by atoms with E-state index >= 15 is 0 Å². The van der Waals surface area contributed by atoms with Crippen molar-refractivity contribution in [2.75, 3.05) is 23.0 Å². The number of rotatable bonds is 8. The number of para-hydroxylation sites is 1. The minimum Gasteiger partial charge on any atom is -0.484 e. The van der Waals surface area contributed by atoms with Crippen LogP contribution >= 0.6 is 23.1 Å².